The van der Waals surface area contributed by atoms with E-state index in [0.29, 0.717) is 17.2 Å². The molecule has 4 nitrogen and oxygen atoms in total. The van der Waals surface area contributed by atoms with Crippen LogP contribution in [-0.2, 0) is 6.42 Å². The Bertz CT molecular complexity index is 485. The standard InChI is InChI=1S/C12H13ClN2O2.ClH/c13-9-3-1-8(2-4-9)12-6-11(15-17-12)5-10(14)7-16;/h1-4,6,10,16H,5,7,14H2;1H. The highest BCUT2D eigenvalue weighted by Crippen LogP contribution is 2.22. The van der Waals surface area contributed by atoms with Crippen LogP contribution >= 0.6 is 24.0 Å². The first-order valence-electron chi connectivity index (χ1n) is 5.27. The van der Waals surface area contributed by atoms with Gasteiger partial charge in [-0.25, -0.2) is 0 Å². The zero-order chi connectivity index (χ0) is 12.3. The Labute approximate surface area is 116 Å². The van der Waals surface area contributed by atoms with Gasteiger partial charge in [-0.3, -0.25) is 0 Å². The highest BCUT2D eigenvalue weighted by molar-refractivity contribution is 6.30. The van der Waals surface area contributed by atoms with E-state index >= 15 is 0 Å². The summed E-state index contributed by atoms with van der Waals surface area (Å²) in [6.45, 7) is -0.0663. The van der Waals surface area contributed by atoms with Crippen molar-refractivity contribution in [2.75, 3.05) is 6.61 Å². The molecule has 1 unspecified atom stereocenters. The molecule has 3 N–H and O–H groups in total. The third-order valence-corrected chi connectivity index (χ3v) is 2.65. The van der Waals surface area contributed by atoms with Gasteiger partial charge in [0, 0.05) is 29.1 Å². The van der Waals surface area contributed by atoms with Crippen molar-refractivity contribution in [1.29, 1.82) is 0 Å². The Morgan fingerprint density at radius 1 is 1.33 bits per heavy atom. The summed E-state index contributed by atoms with van der Waals surface area (Å²) in [5.41, 5.74) is 7.26. The number of benzene rings is 1. The average Bonchev–Trinajstić information content (AvgIpc) is 2.78. The molecule has 2 rings (SSSR count). The van der Waals surface area contributed by atoms with Crippen LogP contribution in [0.3, 0.4) is 0 Å². The van der Waals surface area contributed by atoms with Gasteiger partial charge >= 0.3 is 0 Å². The minimum atomic E-state index is -0.307. The van der Waals surface area contributed by atoms with Gasteiger partial charge in [-0.1, -0.05) is 16.8 Å². The minimum Gasteiger partial charge on any atom is -0.395 e. The summed E-state index contributed by atoms with van der Waals surface area (Å²) < 4.78 is 5.21. The quantitative estimate of drug-likeness (QED) is 0.905. The van der Waals surface area contributed by atoms with Crippen molar-refractivity contribution < 1.29 is 9.63 Å². The van der Waals surface area contributed by atoms with Crippen molar-refractivity contribution in [2.24, 2.45) is 5.73 Å². The van der Waals surface area contributed by atoms with Gasteiger partial charge in [-0.05, 0) is 24.3 Å². The topological polar surface area (TPSA) is 72.3 Å². The van der Waals surface area contributed by atoms with Crippen LogP contribution in [0.15, 0.2) is 34.9 Å². The number of nitrogens with zero attached hydrogens (tertiary/aromatic N) is 1. The molecule has 0 aliphatic heterocycles. The highest BCUT2D eigenvalue weighted by atomic mass is 35.5. The van der Waals surface area contributed by atoms with Gasteiger partial charge < -0.3 is 15.4 Å². The molecule has 1 aromatic heterocycles. The molecule has 98 valence electrons. The number of hydrogen-bond acceptors (Lipinski definition) is 4. The lowest BCUT2D eigenvalue weighted by molar-refractivity contribution is 0.263. The first-order chi connectivity index (χ1) is 8.19. The molecule has 18 heavy (non-hydrogen) atoms. The van der Waals surface area contributed by atoms with E-state index in [2.05, 4.69) is 5.16 Å². The number of halogens is 2. The molecule has 0 radical (unpaired) electrons. The van der Waals surface area contributed by atoms with Gasteiger partial charge in [0.25, 0.3) is 0 Å². The Hall–Kier alpha value is -1.07. The molecule has 0 saturated heterocycles. The second-order valence-electron chi connectivity index (χ2n) is 3.84. The van der Waals surface area contributed by atoms with Crippen molar-refractivity contribution in [3.63, 3.8) is 0 Å². The molecular formula is C12H14Cl2N2O2. The lowest BCUT2D eigenvalue weighted by Gasteiger charge is -2.02. The summed E-state index contributed by atoms with van der Waals surface area (Å²) in [7, 11) is 0. The second kappa shape index (κ2) is 6.75. The van der Waals surface area contributed by atoms with Crippen LogP contribution < -0.4 is 5.73 Å². The van der Waals surface area contributed by atoms with Gasteiger partial charge in [0.2, 0.25) is 0 Å². The number of aliphatic hydroxyl groups is 1. The van der Waals surface area contributed by atoms with Gasteiger partial charge in [0.1, 0.15) is 0 Å². The summed E-state index contributed by atoms with van der Waals surface area (Å²) in [5.74, 6) is 0.668. The van der Waals surface area contributed by atoms with Crippen LogP contribution in [0.1, 0.15) is 5.69 Å². The third kappa shape index (κ3) is 3.71. The molecule has 2 aromatic rings. The minimum absolute atomic E-state index is 0. The van der Waals surface area contributed by atoms with E-state index in [4.69, 9.17) is 27.0 Å². The van der Waals surface area contributed by atoms with Crippen LogP contribution in [0.25, 0.3) is 11.3 Å². The summed E-state index contributed by atoms with van der Waals surface area (Å²) in [5, 5.41) is 13.4. The molecule has 0 amide bonds. The molecule has 0 bridgehead atoms. The van der Waals surface area contributed by atoms with E-state index in [0.717, 1.165) is 11.3 Å². The molecule has 0 aliphatic rings. The lowest BCUT2D eigenvalue weighted by Crippen LogP contribution is -2.26. The fourth-order valence-corrected chi connectivity index (χ4v) is 1.62. The number of rotatable bonds is 4. The fraction of sp³-hybridized carbons (Fsp3) is 0.250. The molecule has 0 aliphatic carbocycles. The average molecular weight is 289 g/mol. The van der Waals surface area contributed by atoms with Crippen molar-refractivity contribution in [3.8, 4) is 11.3 Å². The van der Waals surface area contributed by atoms with Gasteiger partial charge in [-0.2, -0.15) is 0 Å². The summed E-state index contributed by atoms with van der Waals surface area (Å²) in [4.78, 5) is 0. The third-order valence-electron chi connectivity index (χ3n) is 2.39. The molecule has 1 aromatic carbocycles. The number of nitrogens with two attached hydrogens (primary N) is 1. The van der Waals surface area contributed by atoms with E-state index < -0.39 is 0 Å². The maximum absolute atomic E-state index is 8.85. The zero-order valence-corrected chi connectivity index (χ0v) is 11.1. The largest absolute Gasteiger partial charge is 0.395 e. The molecule has 0 fully saturated rings. The van der Waals surface area contributed by atoms with Crippen LogP contribution in [-0.4, -0.2) is 22.9 Å². The molecular weight excluding hydrogens is 275 g/mol. The molecule has 1 atom stereocenters. The van der Waals surface area contributed by atoms with Crippen LogP contribution in [0.5, 0.6) is 0 Å². The summed E-state index contributed by atoms with van der Waals surface area (Å²) >= 11 is 5.80. The van der Waals surface area contributed by atoms with Crippen LogP contribution in [0.2, 0.25) is 5.02 Å². The fourth-order valence-electron chi connectivity index (χ4n) is 1.49. The summed E-state index contributed by atoms with van der Waals surface area (Å²) in [6.07, 6.45) is 0.494. The van der Waals surface area contributed by atoms with E-state index in [1.54, 1.807) is 12.1 Å². The Balaban J connectivity index is 0.00000162. The van der Waals surface area contributed by atoms with E-state index in [1.165, 1.54) is 0 Å². The lowest BCUT2D eigenvalue weighted by atomic mass is 10.1. The molecule has 1 heterocycles. The maximum Gasteiger partial charge on any atom is 0.167 e. The van der Waals surface area contributed by atoms with Crippen molar-refractivity contribution >= 4 is 24.0 Å². The van der Waals surface area contributed by atoms with Crippen molar-refractivity contribution in [1.82, 2.24) is 5.16 Å². The van der Waals surface area contributed by atoms with E-state index in [1.807, 2.05) is 18.2 Å². The Morgan fingerprint density at radius 2 is 2.00 bits per heavy atom. The monoisotopic (exact) mass is 288 g/mol. The number of aliphatic hydroxyl groups excluding tert-OH is 1. The normalized spacial score (nSPS) is 11.9. The van der Waals surface area contributed by atoms with Crippen molar-refractivity contribution in [3.05, 3.63) is 41.0 Å². The molecule has 0 spiro atoms. The second-order valence-corrected chi connectivity index (χ2v) is 4.27. The zero-order valence-electron chi connectivity index (χ0n) is 9.54. The summed E-state index contributed by atoms with van der Waals surface area (Å²) in [6, 6.07) is 8.81. The van der Waals surface area contributed by atoms with Gasteiger partial charge in [0.15, 0.2) is 5.76 Å². The predicted molar refractivity (Wildman–Crippen MR) is 73.0 cm³/mol. The van der Waals surface area contributed by atoms with Crippen LogP contribution in [0.4, 0.5) is 0 Å². The number of aromatic nitrogens is 1. The van der Waals surface area contributed by atoms with Crippen LogP contribution in [0, 0.1) is 0 Å². The van der Waals surface area contributed by atoms with E-state index in [9.17, 15) is 0 Å². The van der Waals surface area contributed by atoms with Gasteiger partial charge in [-0.15, -0.1) is 12.4 Å². The molecule has 0 saturated carbocycles. The molecule has 6 heteroatoms. The first-order valence-corrected chi connectivity index (χ1v) is 5.65. The number of hydrogen-bond donors (Lipinski definition) is 2. The highest BCUT2D eigenvalue weighted by Gasteiger charge is 2.09. The SMILES string of the molecule is Cl.NC(CO)Cc1cc(-c2ccc(Cl)cc2)on1. The Morgan fingerprint density at radius 3 is 2.61 bits per heavy atom. The van der Waals surface area contributed by atoms with Gasteiger partial charge in [0.05, 0.1) is 12.3 Å². The van der Waals surface area contributed by atoms with E-state index in [-0.39, 0.29) is 25.1 Å². The first kappa shape index (κ1) is 15.0. The Kier molecular flexibility index (Phi) is 5.62. The van der Waals surface area contributed by atoms with Crippen molar-refractivity contribution in [2.45, 2.75) is 12.5 Å². The maximum atomic E-state index is 8.85. The smallest absolute Gasteiger partial charge is 0.167 e. The predicted octanol–water partition coefficient (Wildman–Crippen LogP) is 2.28.